The van der Waals surface area contributed by atoms with Crippen LogP contribution in [0.2, 0.25) is 10.0 Å². The average molecular weight is 561 g/mol. The molecular formula is C22H21Cl2F3N6O4. The Morgan fingerprint density at radius 1 is 1.11 bits per heavy atom. The molecule has 0 aliphatic rings. The van der Waals surface area contributed by atoms with E-state index >= 15 is 0 Å². The molecule has 3 rings (SSSR count). The zero-order valence-corrected chi connectivity index (χ0v) is 20.4. The van der Waals surface area contributed by atoms with Crippen molar-refractivity contribution in [3.05, 3.63) is 74.6 Å². The number of hydrogen-bond donors (Lipinski definition) is 4. The quantitative estimate of drug-likeness (QED) is 0.317. The number of benzene rings is 2. The van der Waals surface area contributed by atoms with E-state index in [1.54, 1.807) is 24.3 Å². The van der Waals surface area contributed by atoms with Crippen molar-refractivity contribution in [2.75, 3.05) is 6.54 Å². The van der Waals surface area contributed by atoms with Gasteiger partial charge < -0.3 is 21.5 Å². The highest BCUT2D eigenvalue weighted by atomic mass is 35.5. The molecule has 1 aromatic heterocycles. The van der Waals surface area contributed by atoms with Crippen LogP contribution >= 0.6 is 23.2 Å². The number of primary amides is 1. The Kier molecular flexibility index (Phi) is 8.84. The van der Waals surface area contributed by atoms with Gasteiger partial charge in [-0.3, -0.25) is 9.36 Å². The predicted octanol–water partition coefficient (Wildman–Crippen LogP) is 2.47. The minimum absolute atomic E-state index is 0.137. The third-order valence-corrected chi connectivity index (χ3v) is 5.74. The highest BCUT2D eigenvalue weighted by Crippen LogP contribution is 2.25. The fourth-order valence-electron chi connectivity index (χ4n) is 3.37. The highest BCUT2D eigenvalue weighted by molar-refractivity contribution is 6.31. The Labute approximate surface area is 217 Å². The molecule has 0 saturated carbocycles. The number of hydrogen-bond acceptors (Lipinski definition) is 5. The van der Waals surface area contributed by atoms with E-state index in [4.69, 9.17) is 28.9 Å². The number of carbonyl (C=O) groups excluding carboxylic acids is 2. The normalized spacial score (nSPS) is 13.1. The van der Waals surface area contributed by atoms with Crippen LogP contribution in [0, 0.1) is 0 Å². The van der Waals surface area contributed by atoms with Crippen molar-refractivity contribution >= 4 is 35.1 Å². The van der Waals surface area contributed by atoms with Crippen molar-refractivity contribution in [3.8, 4) is 11.4 Å². The number of aliphatic hydroxyl groups excluding tert-OH is 1. The van der Waals surface area contributed by atoms with Gasteiger partial charge in [-0.25, -0.2) is 14.3 Å². The summed E-state index contributed by atoms with van der Waals surface area (Å²) in [6.07, 6.45) is -7.85. The molecule has 1 heterocycles. The minimum atomic E-state index is -4.99. The van der Waals surface area contributed by atoms with Crippen LogP contribution < -0.4 is 22.1 Å². The predicted molar refractivity (Wildman–Crippen MR) is 129 cm³/mol. The Balaban J connectivity index is 1.92. The lowest BCUT2D eigenvalue weighted by Crippen LogP contribution is -2.42. The van der Waals surface area contributed by atoms with Crippen LogP contribution in [0.5, 0.6) is 0 Å². The molecular weight excluding hydrogens is 540 g/mol. The number of nitrogens with two attached hydrogens (primary N) is 1. The molecule has 10 nitrogen and oxygen atoms in total. The van der Waals surface area contributed by atoms with E-state index in [2.05, 4.69) is 15.7 Å². The Hall–Kier alpha value is -3.55. The Morgan fingerprint density at radius 3 is 2.35 bits per heavy atom. The summed E-state index contributed by atoms with van der Waals surface area (Å²) < 4.78 is 40.3. The lowest BCUT2D eigenvalue weighted by molar-refractivity contribution is -0.207. The van der Waals surface area contributed by atoms with Gasteiger partial charge in [-0.2, -0.15) is 13.2 Å². The number of alkyl halides is 3. The van der Waals surface area contributed by atoms with E-state index in [0.717, 1.165) is 0 Å². The van der Waals surface area contributed by atoms with Crippen LogP contribution in [-0.2, 0) is 17.9 Å². The van der Waals surface area contributed by atoms with E-state index in [9.17, 15) is 32.7 Å². The van der Waals surface area contributed by atoms with Gasteiger partial charge in [-0.1, -0.05) is 41.4 Å². The van der Waals surface area contributed by atoms with Crippen LogP contribution in [0.4, 0.5) is 18.0 Å². The number of nitrogens with one attached hydrogen (secondary N) is 2. The molecule has 0 radical (unpaired) electrons. The average Bonchev–Trinajstić information content (AvgIpc) is 3.11. The third-order valence-electron chi connectivity index (χ3n) is 5.15. The number of aromatic nitrogens is 3. The van der Waals surface area contributed by atoms with E-state index in [-0.39, 0.29) is 23.0 Å². The Morgan fingerprint density at radius 2 is 1.76 bits per heavy atom. The molecule has 0 fully saturated rings. The fourth-order valence-corrected chi connectivity index (χ4v) is 3.77. The monoisotopic (exact) mass is 560 g/mol. The maximum absolute atomic E-state index is 13.0. The molecule has 3 aromatic rings. The van der Waals surface area contributed by atoms with Crippen molar-refractivity contribution < 1.29 is 27.9 Å². The number of urea groups is 1. The van der Waals surface area contributed by atoms with E-state index < -0.39 is 49.0 Å². The van der Waals surface area contributed by atoms with Gasteiger partial charge in [0.05, 0.1) is 12.6 Å². The minimum Gasteiger partial charge on any atom is -0.382 e. The van der Waals surface area contributed by atoms with Crippen LogP contribution in [0.3, 0.4) is 0 Å². The lowest BCUT2D eigenvalue weighted by atomic mass is 10.1. The van der Waals surface area contributed by atoms with Crippen molar-refractivity contribution in [1.29, 1.82) is 0 Å². The maximum Gasteiger partial charge on any atom is 0.416 e. The summed E-state index contributed by atoms with van der Waals surface area (Å²) >= 11 is 12.1. The van der Waals surface area contributed by atoms with E-state index in [1.165, 1.54) is 24.3 Å². The topological polar surface area (TPSA) is 144 Å². The summed E-state index contributed by atoms with van der Waals surface area (Å²) in [4.78, 5) is 37.0. The number of nitrogens with zero attached hydrogens (tertiary/aromatic N) is 3. The lowest BCUT2D eigenvalue weighted by Gasteiger charge is -2.20. The van der Waals surface area contributed by atoms with Crippen molar-refractivity contribution in [3.63, 3.8) is 0 Å². The first kappa shape index (κ1) is 28.0. The SMILES string of the molecule is NC(=O)NCC(NC(=O)Cn1nc(-c2ccc(Cl)cc2)n(C[C@H](O)C(F)(F)F)c1=O)c1ccccc1Cl. The zero-order valence-electron chi connectivity index (χ0n) is 18.9. The molecule has 2 aromatic carbocycles. The van der Waals surface area contributed by atoms with E-state index in [0.29, 0.717) is 19.8 Å². The molecule has 3 amide bonds. The highest BCUT2D eigenvalue weighted by Gasteiger charge is 2.39. The molecule has 198 valence electrons. The first-order valence-electron chi connectivity index (χ1n) is 10.6. The molecule has 0 spiro atoms. The van der Waals surface area contributed by atoms with E-state index in [1.807, 2.05) is 0 Å². The van der Waals surface area contributed by atoms with Crippen molar-refractivity contribution in [1.82, 2.24) is 25.0 Å². The summed E-state index contributed by atoms with van der Waals surface area (Å²) in [5, 5.41) is 19.2. The van der Waals surface area contributed by atoms with Crippen LogP contribution in [0.15, 0.2) is 53.3 Å². The molecule has 0 saturated heterocycles. The summed E-state index contributed by atoms with van der Waals surface area (Å²) in [5.74, 6) is -0.974. The second kappa shape index (κ2) is 11.7. The molecule has 0 aliphatic heterocycles. The summed E-state index contributed by atoms with van der Waals surface area (Å²) in [5.41, 5.74) is 4.74. The largest absolute Gasteiger partial charge is 0.416 e. The van der Waals surface area contributed by atoms with Gasteiger partial charge in [0.25, 0.3) is 0 Å². The first-order chi connectivity index (χ1) is 17.4. The second-order valence-corrected chi connectivity index (χ2v) is 8.67. The van der Waals surface area contributed by atoms with Gasteiger partial charge in [0.2, 0.25) is 5.91 Å². The molecule has 0 bridgehead atoms. The smallest absolute Gasteiger partial charge is 0.382 e. The van der Waals surface area contributed by atoms with Crippen LogP contribution in [0.25, 0.3) is 11.4 Å². The number of carbonyl (C=O) groups is 2. The third kappa shape index (κ3) is 7.24. The molecule has 2 atom stereocenters. The number of rotatable bonds is 9. The summed E-state index contributed by atoms with van der Waals surface area (Å²) in [6.45, 7) is -1.97. The molecule has 5 N–H and O–H groups in total. The molecule has 37 heavy (non-hydrogen) atoms. The number of amides is 3. The summed E-state index contributed by atoms with van der Waals surface area (Å²) in [6, 6.07) is 10.5. The van der Waals surface area contributed by atoms with Gasteiger partial charge in [0.1, 0.15) is 6.54 Å². The van der Waals surface area contributed by atoms with Gasteiger partial charge in [-0.05, 0) is 35.9 Å². The second-order valence-electron chi connectivity index (χ2n) is 7.83. The number of aliphatic hydroxyl groups is 1. The molecule has 15 heteroatoms. The van der Waals surface area contributed by atoms with Crippen LogP contribution in [0.1, 0.15) is 11.6 Å². The van der Waals surface area contributed by atoms with Gasteiger partial charge in [0.15, 0.2) is 11.9 Å². The Bertz CT molecular complexity index is 1330. The standard InChI is InChI=1S/C22H21Cl2F3N6O4/c23-13-7-5-12(6-8-13)19-31-33(21(37)32(19)10-17(34)22(25,26)27)11-18(35)30-16(9-29-20(28)36)14-3-1-2-4-15(14)24/h1-8,16-17,34H,9-11H2,(H,30,35)(H3,28,29,36)/t16?,17-/m0/s1. The maximum atomic E-state index is 13.0. The molecule has 0 aliphatic carbocycles. The zero-order chi connectivity index (χ0) is 27.3. The van der Waals surface area contributed by atoms with Crippen molar-refractivity contribution in [2.24, 2.45) is 5.73 Å². The first-order valence-corrected chi connectivity index (χ1v) is 11.4. The molecule has 1 unspecified atom stereocenters. The van der Waals surface area contributed by atoms with Gasteiger partial charge >= 0.3 is 17.9 Å². The van der Waals surface area contributed by atoms with Gasteiger partial charge in [0, 0.05) is 22.2 Å². The van der Waals surface area contributed by atoms with Crippen LogP contribution in [-0.4, -0.2) is 50.2 Å². The summed E-state index contributed by atoms with van der Waals surface area (Å²) in [7, 11) is 0. The van der Waals surface area contributed by atoms with Crippen molar-refractivity contribution in [2.45, 2.75) is 31.4 Å². The van der Waals surface area contributed by atoms with Gasteiger partial charge in [-0.15, -0.1) is 5.10 Å². The fraction of sp³-hybridized carbons (Fsp3) is 0.273. The number of halogens is 5.